The van der Waals surface area contributed by atoms with Crippen molar-refractivity contribution in [2.75, 3.05) is 0 Å². The number of fused-ring (bicyclic) bond motifs is 1. The van der Waals surface area contributed by atoms with Crippen LogP contribution in [0.1, 0.15) is 42.4 Å². The van der Waals surface area contributed by atoms with Crippen LogP contribution in [-0.2, 0) is 23.9 Å². The number of H-pyrrole nitrogens is 1. The number of ether oxygens (including phenoxy) is 1. The number of aromatic amines is 1. The summed E-state index contributed by atoms with van der Waals surface area (Å²) in [4.78, 5) is 3.08. The van der Waals surface area contributed by atoms with Crippen molar-refractivity contribution in [1.82, 2.24) is 4.98 Å². The van der Waals surface area contributed by atoms with E-state index in [4.69, 9.17) is 4.74 Å². The van der Waals surface area contributed by atoms with E-state index in [0.29, 0.717) is 16.8 Å². The molecule has 0 atom stereocenters. The number of hydrogen-bond acceptors (Lipinski definition) is 1. The fraction of sp³-hybridized carbons (Fsp3) is 0.364. The molecule has 3 aromatic rings. The number of hydrogen-bond donors (Lipinski definition) is 1. The van der Waals surface area contributed by atoms with E-state index in [1.54, 1.807) is 12.3 Å². The lowest BCUT2D eigenvalue weighted by molar-refractivity contribution is -0.145. The third-order valence-electron chi connectivity index (χ3n) is 5.62. The van der Waals surface area contributed by atoms with Crippen LogP contribution < -0.4 is 4.74 Å². The van der Waals surface area contributed by atoms with Gasteiger partial charge in [0.1, 0.15) is 16.9 Å². The number of aromatic nitrogens is 1. The van der Waals surface area contributed by atoms with E-state index in [1.165, 1.54) is 12.1 Å². The highest BCUT2D eigenvalue weighted by Crippen LogP contribution is 2.48. The molecule has 0 bridgehead atoms. The summed E-state index contributed by atoms with van der Waals surface area (Å²) in [6, 6.07) is 4.51. The predicted octanol–water partition coefficient (Wildman–Crippen LogP) is 7.87. The Labute approximate surface area is 173 Å². The molecule has 1 N–H and O–H groups in total. The van der Waals surface area contributed by atoms with Gasteiger partial charge in [0.2, 0.25) is 0 Å². The van der Waals surface area contributed by atoms with Gasteiger partial charge in [-0.1, -0.05) is 25.7 Å². The molecule has 0 amide bonds. The summed E-state index contributed by atoms with van der Waals surface area (Å²) in [6.45, 7) is 0. The molecule has 1 saturated carbocycles. The lowest BCUT2D eigenvalue weighted by Crippen LogP contribution is -2.13. The number of rotatable bonds is 4. The van der Waals surface area contributed by atoms with Gasteiger partial charge in [-0.2, -0.15) is 26.3 Å². The standard InChI is InChI=1S/C22H18F6NO2/c23-21(24,25)17-8-14(30)9-18(22(26,27)28)20(17)31-15-5-6-19-16(10-15)13(11-29-19)7-12-3-1-2-4-12/h5-6,8-12,29H,1-4,7H2. The molecular weight excluding hydrogens is 424 g/mol. The fourth-order valence-electron chi connectivity index (χ4n) is 4.17. The minimum Gasteiger partial charge on any atom is -0.456 e. The van der Waals surface area contributed by atoms with Crippen LogP contribution in [-0.4, -0.2) is 4.98 Å². The SMILES string of the molecule is [O]c1cc(C(F)(F)F)c(Oc2ccc3[nH]cc(CC4CCCC4)c3c2)c(C(F)(F)F)c1. The van der Waals surface area contributed by atoms with E-state index in [1.807, 2.05) is 0 Å². The van der Waals surface area contributed by atoms with Crippen molar-refractivity contribution in [1.29, 1.82) is 0 Å². The number of halogens is 6. The van der Waals surface area contributed by atoms with E-state index in [2.05, 4.69) is 4.98 Å². The molecule has 1 radical (unpaired) electrons. The monoisotopic (exact) mass is 442 g/mol. The third kappa shape index (κ3) is 4.45. The summed E-state index contributed by atoms with van der Waals surface area (Å²) in [6.07, 6.45) is -3.32. The van der Waals surface area contributed by atoms with Gasteiger partial charge < -0.3 is 9.72 Å². The summed E-state index contributed by atoms with van der Waals surface area (Å²) in [5.41, 5.74) is -1.86. The fourth-order valence-corrected chi connectivity index (χ4v) is 4.17. The zero-order valence-electron chi connectivity index (χ0n) is 16.2. The lowest BCUT2D eigenvalue weighted by Gasteiger charge is -2.19. The minimum absolute atomic E-state index is 0.116. The first kappa shape index (κ1) is 21.4. The van der Waals surface area contributed by atoms with Crippen LogP contribution in [0.3, 0.4) is 0 Å². The quantitative estimate of drug-likeness (QED) is 0.411. The first-order chi connectivity index (χ1) is 14.5. The molecule has 9 heteroatoms. The molecular formula is C22H18F6NO2. The Morgan fingerprint density at radius 3 is 2.13 bits per heavy atom. The van der Waals surface area contributed by atoms with Crippen LogP contribution in [0.2, 0.25) is 0 Å². The molecule has 3 nitrogen and oxygen atoms in total. The molecule has 0 aliphatic heterocycles. The molecule has 1 aromatic heterocycles. The zero-order chi connectivity index (χ0) is 22.4. The number of benzene rings is 2. The predicted molar refractivity (Wildman–Crippen MR) is 101 cm³/mol. The van der Waals surface area contributed by atoms with Gasteiger partial charge >= 0.3 is 12.4 Å². The van der Waals surface area contributed by atoms with Gasteiger partial charge in [0.15, 0.2) is 11.5 Å². The molecule has 0 unspecified atom stereocenters. The molecule has 1 fully saturated rings. The maximum absolute atomic E-state index is 13.4. The first-order valence-corrected chi connectivity index (χ1v) is 9.79. The molecule has 2 aromatic carbocycles. The van der Waals surface area contributed by atoms with Crippen LogP contribution in [0.15, 0.2) is 36.5 Å². The van der Waals surface area contributed by atoms with Crippen molar-refractivity contribution in [2.24, 2.45) is 5.92 Å². The molecule has 0 spiro atoms. The molecule has 31 heavy (non-hydrogen) atoms. The van der Waals surface area contributed by atoms with E-state index >= 15 is 0 Å². The smallest absolute Gasteiger partial charge is 0.420 e. The molecule has 1 aliphatic rings. The maximum atomic E-state index is 13.4. The highest BCUT2D eigenvalue weighted by Gasteiger charge is 2.43. The normalized spacial score (nSPS) is 15.7. The maximum Gasteiger partial charge on any atom is 0.420 e. The Hall–Kier alpha value is -2.84. The van der Waals surface area contributed by atoms with Crippen LogP contribution in [0.25, 0.3) is 10.9 Å². The molecule has 4 rings (SSSR count). The number of nitrogens with one attached hydrogen (secondary N) is 1. The minimum atomic E-state index is -5.19. The summed E-state index contributed by atoms with van der Waals surface area (Å²) in [7, 11) is 0. The van der Waals surface area contributed by atoms with Gasteiger partial charge in [-0.3, -0.25) is 5.11 Å². The Morgan fingerprint density at radius 1 is 0.935 bits per heavy atom. The van der Waals surface area contributed by atoms with Crippen molar-refractivity contribution >= 4 is 10.9 Å². The average molecular weight is 442 g/mol. The Kier molecular flexibility index (Phi) is 5.31. The van der Waals surface area contributed by atoms with Crippen LogP contribution in [0.4, 0.5) is 26.3 Å². The van der Waals surface area contributed by atoms with Gasteiger partial charge in [0.05, 0.1) is 0 Å². The van der Waals surface area contributed by atoms with E-state index < -0.39 is 35.0 Å². The largest absolute Gasteiger partial charge is 0.456 e. The second-order valence-electron chi connectivity index (χ2n) is 7.82. The molecule has 0 saturated heterocycles. The van der Waals surface area contributed by atoms with Crippen LogP contribution in [0.5, 0.6) is 17.2 Å². The second kappa shape index (κ2) is 7.69. The summed E-state index contributed by atoms with van der Waals surface area (Å²) < 4.78 is 85.6. The van der Waals surface area contributed by atoms with Gasteiger partial charge in [0.25, 0.3) is 0 Å². The summed E-state index contributed by atoms with van der Waals surface area (Å²) in [5.74, 6) is -2.49. The van der Waals surface area contributed by atoms with Crippen molar-refractivity contribution < 1.29 is 36.2 Å². The highest BCUT2D eigenvalue weighted by molar-refractivity contribution is 5.84. The Balaban J connectivity index is 1.76. The first-order valence-electron chi connectivity index (χ1n) is 9.79. The topological polar surface area (TPSA) is 44.9 Å². The second-order valence-corrected chi connectivity index (χ2v) is 7.82. The molecule has 165 valence electrons. The van der Waals surface area contributed by atoms with Crippen molar-refractivity contribution in [3.63, 3.8) is 0 Å². The molecule has 1 heterocycles. The van der Waals surface area contributed by atoms with Gasteiger partial charge in [-0.25, -0.2) is 0 Å². The van der Waals surface area contributed by atoms with Crippen LogP contribution in [0, 0.1) is 5.92 Å². The van der Waals surface area contributed by atoms with E-state index in [9.17, 15) is 31.4 Å². The molecule has 1 aliphatic carbocycles. The van der Waals surface area contributed by atoms with E-state index in [0.717, 1.165) is 37.7 Å². The highest BCUT2D eigenvalue weighted by atomic mass is 19.4. The third-order valence-corrected chi connectivity index (χ3v) is 5.62. The van der Waals surface area contributed by atoms with Gasteiger partial charge in [-0.05, 0) is 36.1 Å². The van der Waals surface area contributed by atoms with Crippen LogP contribution >= 0.6 is 0 Å². The zero-order valence-corrected chi connectivity index (χ0v) is 16.2. The van der Waals surface area contributed by atoms with Gasteiger partial charge in [-0.15, -0.1) is 0 Å². The summed E-state index contributed by atoms with van der Waals surface area (Å²) in [5, 5.41) is 12.2. The number of alkyl halides is 6. The average Bonchev–Trinajstić information content (AvgIpc) is 3.32. The Bertz CT molecular complexity index is 1060. The van der Waals surface area contributed by atoms with Crippen molar-refractivity contribution in [3.05, 3.63) is 53.2 Å². The van der Waals surface area contributed by atoms with Gasteiger partial charge in [0, 0.05) is 29.2 Å². The van der Waals surface area contributed by atoms with E-state index in [-0.39, 0.29) is 17.9 Å². The van der Waals surface area contributed by atoms with Crippen molar-refractivity contribution in [3.8, 4) is 17.2 Å². The Morgan fingerprint density at radius 2 is 1.55 bits per heavy atom. The lowest BCUT2D eigenvalue weighted by atomic mass is 9.97. The summed E-state index contributed by atoms with van der Waals surface area (Å²) >= 11 is 0. The van der Waals surface area contributed by atoms with Crippen molar-refractivity contribution in [2.45, 2.75) is 44.5 Å².